The molecule has 0 amide bonds. The second-order valence-corrected chi connectivity index (χ2v) is 3.68. The third-order valence-electron chi connectivity index (χ3n) is 2.77. The van der Waals surface area contributed by atoms with Crippen molar-refractivity contribution >= 4 is 5.69 Å². The highest BCUT2D eigenvalue weighted by Crippen LogP contribution is 2.24. The summed E-state index contributed by atoms with van der Waals surface area (Å²) in [5.41, 5.74) is 4.04. The Bertz CT molecular complexity index is 303. The molecule has 1 fully saturated rings. The van der Waals surface area contributed by atoms with Crippen molar-refractivity contribution in [3.63, 3.8) is 0 Å². The molecule has 0 bridgehead atoms. The van der Waals surface area contributed by atoms with Gasteiger partial charge in [0.05, 0.1) is 0 Å². The number of aryl methyl sites for hydroxylation is 1. The first-order chi connectivity index (χ1) is 6.31. The van der Waals surface area contributed by atoms with E-state index >= 15 is 0 Å². The van der Waals surface area contributed by atoms with Gasteiger partial charge in [0, 0.05) is 31.7 Å². The van der Waals surface area contributed by atoms with Crippen molar-refractivity contribution < 1.29 is 0 Å². The highest BCUT2D eigenvalue weighted by atomic mass is 14.9. The fourth-order valence-corrected chi connectivity index (χ4v) is 1.75. The van der Waals surface area contributed by atoms with Gasteiger partial charge in [-0.2, -0.15) is 0 Å². The molecule has 0 saturated carbocycles. The minimum atomic E-state index is 0.740. The van der Waals surface area contributed by atoms with Gasteiger partial charge in [-0.15, -0.1) is 0 Å². The monoisotopic (exact) mass is 176 g/mol. The zero-order chi connectivity index (χ0) is 9.26. The van der Waals surface area contributed by atoms with Crippen LogP contribution in [0.5, 0.6) is 0 Å². The van der Waals surface area contributed by atoms with E-state index in [9.17, 15) is 0 Å². The molecule has 0 atom stereocenters. The number of benzene rings is 1. The highest BCUT2D eigenvalue weighted by Gasteiger charge is 2.18. The van der Waals surface area contributed by atoms with Crippen molar-refractivity contribution in [1.29, 1.82) is 0 Å². The van der Waals surface area contributed by atoms with E-state index < -0.39 is 0 Å². The molecule has 1 heterocycles. The van der Waals surface area contributed by atoms with Gasteiger partial charge in [-0.05, 0) is 24.1 Å². The summed E-state index contributed by atoms with van der Waals surface area (Å²) in [4.78, 5) is 0. The van der Waals surface area contributed by atoms with E-state index in [-0.39, 0.29) is 0 Å². The predicted molar refractivity (Wildman–Crippen MR) is 56.3 cm³/mol. The van der Waals surface area contributed by atoms with E-state index in [1.54, 1.807) is 0 Å². The smallest absolute Gasteiger partial charge is 0.0367 e. The fraction of sp³-hybridized carbons (Fsp3) is 0.455. The molecule has 0 radical (unpaired) electrons. The summed E-state index contributed by atoms with van der Waals surface area (Å²) >= 11 is 0. The van der Waals surface area contributed by atoms with Crippen molar-refractivity contribution in [3.05, 3.63) is 29.3 Å². The summed E-state index contributed by atoms with van der Waals surface area (Å²) in [7, 11) is 1.97. The maximum atomic E-state index is 3.29. The SMILES string of the molecule is CNc1ccc(C2CNC2)cc1C. The Kier molecular flexibility index (Phi) is 2.23. The molecule has 1 aromatic carbocycles. The molecule has 0 aromatic heterocycles. The van der Waals surface area contributed by atoms with Crippen LogP contribution in [-0.2, 0) is 0 Å². The van der Waals surface area contributed by atoms with E-state index in [1.807, 2.05) is 7.05 Å². The van der Waals surface area contributed by atoms with Crippen LogP contribution in [0.25, 0.3) is 0 Å². The molecule has 1 aliphatic rings. The first kappa shape index (κ1) is 8.57. The fourth-order valence-electron chi connectivity index (χ4n) is 1.75. The van der Waals surface area contributed by atoms with E-state index in [0.29, 0.717) is 0 Å². The van der Waals surface area contributed by atoms with E-state index in [0.717, 1.165) is 19.0 Å². The van der Waals surface area contributed by atoms with Crippen LogP contribution in [0.4, 0.5) is 5.69 Å². The summed E-state index contributed by atoms with van der Waals surface area (Å²) < 4.78 is 0. The minimum absolute atomic E-state index is 0.740. The lowest BCUT2D eigenvalue weighted by Crippen LogP contribution is -2.39. The molecule has 13 heavy (non-hydrogen) atoms. The molecular weight excluding hydrogens is 160 g/mol. The van der Waals surface area contributed by atoms with Crippen LogP contribution < -0.4 is 10.6 Å². The van der Waals surface area contributed by atoms with Gasteiger partial charge < -0.3 is 10.6 Å². The van der Waals surface area contributed by atoms with Crippen LogP contribution in [0, 0.1) is 6.92 Å². The highest BCUT2D eigenvalue weighted by molar-refractivity contribution is 5.52. The number of hydrogen-bond acceptors (Lipinski definition) is 2. The van der Waals surface area contributed by atoms with Crippen LogP contribution in [0.2, 0.25) is 0 Å². The molecule has 1 aromatic rings. The Morgan fingerprint density at radius 1 is 1.38 bits per heavy atom. The van der Waals surface area contributed by atoms with Crippen molar-refractivity contribution in [2.45, 2.75) is 12.8 Å². The quantitative estimate of drug-likeness (QED) is 0.717. The molecule has 0 spiro atoms. The van der Waals surface area contributed by atoms with Crippen molar-refractivity contribution in [1.82, 2.24) is 5.32 Å². The van der Waals surface area contributed by atoms with Crippen LogP contribution >= 0.6 is 0 Å². The van der Waals surface area contributed by atoms with Crippen molar-refractivity contribution in [3.8, 4) is 0 Å². The molecular formula is C11H16N2. The van der Waals surface area contributed by atoms with Gasteiger partial charge in [0.2, 0.25) is 0 Å². The molecule has 0 aliphatic carbocycles. The zero-order valence-corrected chi connectivity index (χ0v) is 8.22. The lowest BCUT2D eigenvalue weighted by atomic mass is 9.92. The van der Waals surface area contributed by atoms with Gasteiger partial charge in [-0.25, -0.2) is 0 Å². The topological polar surface area (TPSA) is 24.1 Å². The standard InChI is InChI=1S/C11H16N2/c1-8-5-9(10-6-13-7-10)3-4-11(8)12-2/h3-5,10,12-13H,6-7H2,1-2H3. The third kappa shape index (κ3) is 1.54. The normalized spacial score (nSPS) is 16.8. The van der Waals surface area contributed by atoms with E-state index in [4.69, 9.17) is 0 Å². The third-order valence-corrected chi connectivity index (χ3v) is 2.77. The number of hydrogen-bond donors (Lipinski definition) is 2. The average molecular weight is 176 g/mol. The van der Waals surface area contributed by atoms with E-state index in [1.165, 1.54) is 16.8 Å². The molecule has 1 aliphatic heterocycles. The van der Waals surface area contributed by atoms with E-state index in [2.05, 4.69) is 35.8 Å². The average Bonchev–Trinajstić information content (AvgIpc) is 2.01. The van der Waals surface area contributed by atoms with Crippen molar-refractivity contribution in [2.75, 3.05) is 25.5 Å². The first-order valence-corrected chi connectivity index (χ1v) is 4.80. The van der Waals surface area contributed by atoms with Gasteiger partial charge in [-0.3, -0.25) is 0 Å². The number of nitrogens with one attached hydrogen (secondary N) is 2. The Morgan fingerprint density at radius 2 is 2.15 bits per heavy atom. The maximum Gasteiger partial charge on any atom is 0.0367 e. The molecule has 2 nitrogen and oxygen atoms in total. The van der Waals surface area contributed by atoms with Crippen LogP contribution in [-0.4, -0.2) is 20.1 Å². The molecule has 2 rings (SSSR count). The second-order valence-electron chi connectivity index (χ2n) is 3.68. The molecule has 0 unspecified atom stereocenters. The second kappa shape index (κ2) is 3.38. The van der Waals surface area contributed by atoms with Gasteiger partial charge in [0.1, 0.15) is 0 Å². The van der Waals surface area contributed by atoms with Crippen LogP contribution in [0.15, 0.2) is 18.2 Å². The minimum Gasteiger partial charge on any atom is -0.388 e. The van der Waals surface area contributed by atoms with Crippen molar-refractivity contribution in [2.24, 2.45) is 0 Å². The summed E-state index contributed by atoms with van der Waals surface area (Å²) in [6.45, 7) is 4.43. The van der Waals surface area contributed by atoms with Gasteiger partial charge >= 0.3 is 0 Å². The van der Waals surface area contributed by atoms with Gasteiger partial charge in [0.15, 0.2) is 0 Å². The van der Waals surface area contributed by atoms with Crippen LogP contribution in [0.1, 0.15) is 17.0 Å². The number of anilines is 1. The van der Waals surface area contributed by atoms with Gasteiger partial charge in [0.25, 0.3) is 0 Å². The Balaban J connectivity index is 2.24. The first-order valence-electron chi connectivity index (χ1n) is 4.80. The largest absolute Gasteiger partial charge is 0.388 e. The summed E-state index contributed by atoms with van der Waals surface area (Å²) in [5, 5.41) is 6.47. The summed E-state index contributed by atoms with van der Waals surface area (Å²) in [5.74, 6) is 0.740. The number of rotatable bonds is 2. The molecule has 1 saturated heterocycles. The Morgan fingerprint density at radius 3 is 2.62 bits per heavy atom. The lowest BCUT2D eigenvalue weighted by molar-refractivity contribution is 0.448. The summed E-state index contributed by atoms with van der Waals surface area (Å²) in [6, 6.07) is 6.69. The maximum absolute atomic E-state index is 3.29. The molecule has 2 N–H and O–H groups in total. The molecule has 2 heteroatoms. The lowest BCUT2D eigenvalue weighted by Gasteiger charge is -2.28. The predicted octanol–water partition coefficient (Wildman–Crippen LogP) is 1.72. The zero-order valence-electron chi connectivity index (χ0n) is 8.22. The Labute approximate surface area is 79.4 Å². The van der Waals surface area contributed by atoms with Gasteiger partial charge in [-0.1, -0.05) is 12.1 Å². The molecule has 70 valence electrons. The summed E-state index contributed by atoms with van der Waals surface area (Å²) in [6.07, 6.45) is 0. The Hall–Kier alpha value is -1.02. The van der Waals surface area contributed by atoms with Crippen LogP contribution in [0.3, 0.4) is 0 Å².